The van der Waals surface area contributed by atoms with Crippen LogP contribution >= 0.6 is 0 Å². The van der Waals surface area contributed by atoms with E-state index in [4.69, 9.17) is 4.74 Å². The number of aryl methyl sites for hydroxylation is 1. The van der Waals surface area contributed by atoms with Crippen molar-refractivity contribution in [3.63, 3.8) is 0 Å². The summed E-state index contributed by atoms with van der Waals surface area (Å²) in [5.74, 6) is -1.65. The number of imidazole rings is 1. The molecular formula is C22H24F2N4O3. The molecule has 1 unspecified atom stereocenters. The van der Waals surface area contributed by atoms with Gasteiger partial charge in [0, 0.05) is 31.4 Å². The molecule has 31 heavy (non-hydrogen) atoms. The first-order valence-electron chi connectivity index (χ1n) is 9.98. The standard InChI is InChI=1S/C22H24F2N4O3/c1-13-4-5-28-18(11-15-12-27(2)6-7-31-15)21(26-19(28)8-13)20-16(23)9-14(10-17(20)24)25-22(29)30-3/h4-5,8-10,15H,6-7,11-12H2,1-3H3,(H,25,29). The zero-order valence-corrected chi connectivity index (χ0v) is 17.6. The number of amides is 1. The minimum absolute atomic E-state index is 0.0380. The largest absolute Gasteiger partial charge is 0.453 e. The molecule has 0 spiro atoms. The predicted molar refractivity (Wildman–Crippen MR) is 112 cm³/mol. The lowest BCUT2D eigenvalue weighted by atomic mass is 10.0. The number of hydrogen-bond acceptors (Lipinski definition) is 5. The number of rotatable bonds is 4. The number of likely N-dealkylation sites (N-methyl/N-ethyl adjacent to an activating group) is 1. The van der Waals surface area contributed by atoms with Gasteiger partial charge in [0.2, 0.25) is 0 Å². The third-order valence-electron chi connectivity index (χ3n) is 5.35. The average molecular weight is 430 g/mol. The fraction of sp³-hybridized carbons (Fsp3) is 0.364. The molecule has 0 radical (unpaired) electrons. The number of nitrogens with one attached hydrogen (secondary N) is 1. The first kappa shape index (κ1) is 21.2. The molecule has 9 heteroatoms. The molecule has 0 saturated carbocycles. The van der Waals surface area contributed by atoms with Crippen molar-refractivity contribution in [2.24, 2.45) is 0 Å². The SMILES string of the molecule is COC(=O)Nc1cc(F)c(-c2nc3cc(C)ccn3c2CC2CN(C)CCO2)c(F)c1. The van der Waals surface area contributed by atoms with Crippen molar-refractivity contribution in [2.45, 2.75) is 19.4 Å². The number of ether oxygens (including phenoxy) is 2. The van der Waals surface area contributed by atoms with Gasteiger partial charge >= 0.3 is 6.09 Å². The van der Waals surface area contributed by atoms with Gasteiger partial charge in [-0.05, 0) is 43.8 Å². The number of methoxy groups -OCH3 is 1. The first-order valence-corrected chi connectivity index (χ1v) is 9.98. The molecule has 3 aromatic rings. The quantitative estimate of drug-likeness (QED) is 0.685. The molecule has 1 saturated heterocycles. The summed E-state index contributed by atoms with van der Waals surface area (Å²) in [6.07, 6.45) is 1.37. The summed E-state index contributed by atoms with van der Waals surface area (Å²) in [6.45, 7) is 4.09. The normalized spacial score (nSPS) is 17.1. The van der Waals surface area contributed by atoms with Crippen LogP contribution in [-0.2, 0) is 15.9 Å². The lowest BCUT2D eigenvalue weighted by molar-refractivity contribution is -0.0190. The number of halogens is 2. The van der Waals surface area contributed by atoms with Gasteiger partial charge in [-0.15, -0.1) is 0 Å². The van der Waals surface area contributed by atoms with Crippen LogP contribution in [0.4, 0.5) is 19.3 Å². The zero-order valence-electron chi connectivity index (χ0n) is 17.6. The molecular weight excluding hydrogens is 406 g/mol. The van der Waals surface area contributed by atoms with Crippen LogP contribution in [0.15, 0.2) is 30.5 Å². The molecule has 4 rings (SSSR count). The zero-order chi connectivity index (χ0) is 22.1. The van der Waals surface area contributed by atoms with Crippen LogP contribution in [0.25, 0.3) is 16.9 Å². The molecule has 1 atom stereocenters. The van der Waals surface area contributed by atoms with Crippen LogP contribution in [-0.4, -0.2) is 60.3 Å². The van der Waals surface area contributed by atoms with Crippen LogP contribution in [0.1, 0.15) is 11.3 Å². The van der Waals surface area contributed by atoms with Crippen molar-refractivity contribution >= 4 is 17.4 Å². The third kappa shape index (κ3) is 4.38. The predicted octanol–water partition coefficient (Wildman–Crippen LogP) is 3.64. The summed E-state index contributed by atoms with van der Waals surface area (Å²) in [5.41, 5.74) is 2.20. The second kappa shape index (κ2) is 8.60. The van der Waals surface area contributed by atoms with Crippen LogP contribution in [0.3, 0.4) is 0 Å². The summed E-state index contributed by atoms with van der Waals surface area (Å²) in [7, 11) is 3.19. The molecule has 0 aliphatic carbocycles. The third-order valence-corrected chi connectivity index (χ3v) is 5.35. The van der Waals surface area contributed by atoms with Gasteiger partial charge in [0.05, 0.1) is 36.8 Å². The van der Waals surface area contributed by atoms with Crippen LogP contribution in [0.5, 0.6) is 0 Å². The van der Waals surface area contributed by atoms with Crippen molar-refractivity contribution in [3.8, 4) is 11.3 Å². The fourth-order valence-electron chi connectivity index (χ4n) is 3.84. The molecule has 1 aliphatic heterocycles. The lowest BCUT2D eigenvalue weighted by Gasteiger charge is -2.30. The molecule has 1 amide bonds. The van der Waals surface area contributed by atoms with Gasteiger partial charge in [0.25, 0.3) is 0 Å². The molecule has 1 aliphatic rings. The number of morpholine rings is 1. The van der Waals surface area contributed by atoms with Crippen molar-refractivity contribution in [3.05, 3.63) is 53.4 Å². The Labute approximate surface area is 178 Å². The molecule has 1 aromatic carbocycles. The van der Waals surface area contributed by atoms with Gasteiger partial charge in [-0.2, -0.15) is 0 Å². The van der Waals surface area contributed by atoms with E-state index in [9.17, 15) is 4.79 Å². The van der Waals surface area contributed by atoms with Gasteiger partial charge in [-0.3, -0.25) is 5.32 Å². The Morgan fingerprint density at radius 3 is 2.74 bits per heavy atom. The highest BCUT2D eigenvalue weighted by Gasteiger charge is 2.26. The Morgan fingerprint density at radius 2 is 2.06 bits per heavy atom. The summed E-state index contributed by atoms with van der Waals surface area (Å²) in [4.78, 5) is 18.1. The Balaban J connectivity index is 1.80. The number of fused-ring (bicyclic) bond motifs is 1. The van der Waals surface area contributed by atoms with E-state index >= 15 is 8.78 Å². The van der Waals surface area contributed by atoms with Crippen LogP contribution in [0.2, 0.25) is 0 Å². The maximum Gasteiger partial charge on any atom is 0.411 e. The van der Waals surface area contributed by atoms with Gasteiger partial charge in [-0.25, -0.2) is 18.6 Å². The molecule has 3 heterocycles. The fourth-order valence-corrected chi connectivity index (χ4v) is 3.84. The van der Waals surface area contributed by atoms with Crippen LogP contribution < -0.4 is 5.32 Å². The van der Waals surface area contributed by atoms with E-state index in [2.05, 4.69) is 19.9 Å². The van der Waals surface area contributed by atoms with E-state index in [1.165, 1.54) is 7.11 Å². The van der Waals surface area contributed by atoms with Gasteiger partial charge < -0.3 is 18.8 Å². The number of carbonyl (C=O) groups excluding carboxylic acids is 1. The summed E-state index contributed by atoms with van der Waals surface area (Å²) in [6, 6.07) is 5.90. The lowest BCUT2D eigenvalue weighted by Crippen LogP contribution is -2.41. The number of carbonyl (C=O) groups is 1. The number of benzene rings is 1. The van der Waals surface area contributed by atoms with E-state index < -0.39 is 17.7 Å². The number of aromatic nitrogens is 2. The maximum absolute atomic E-state index is 15.1. The second-order valence-electron chi connectivity index (χ2n) is 7.73. The Hall–Kier alpha value is -3.04. The Morgan fingerprint density at radius 1 is 1.32 bits per heavy atom. The Kier molecular flexibility index (Phi) is 5.88. The maximum atomic E-state index is 15.1. The highest BCUT2D eigenvalue weighted by atomic mass is 19.1. The second-order valence-corrected chi connectivity index (χ2v) is 7.73. The van der Waals surface area contributed by atoms with Crippen molar-refractivity contribution in [2.75, 3.05) is 39.2 Å². The molecule has 0 bridgehead atoms. The topological polar surface area (TPSA) is 68.1 Å². The minimum Gasteiger partial charge on any atom is -0.453 e. The minimum atomic E-state index is -0.825. The summed E-state index contributed by atoms with van der Waals surface area (Å²) in [5, 5.41) is 2.28. The summed E-state index contributed by atoms with van der Waals surface area (Å²) >= 11 is 0. The number of nitrogens with zero attached hydrogens (tertiary/aromatic N) is 3. The van der Waals surface area contributed by atoms with Crippen molar-refractivity contribution in [1.29, 1.82) is 0 Å². The molecule has 1 N–H and O–H groups in total. The molecule has 2 aromatic heterocycles. The van der Waals surface area contributed by atoms with E-state index in [-0.39, 0.29) is 23.0 Å². The van der Waals surface area contributed by atoms with Gasteiger partial charge in [-0.1, -0.05) is 0 Å². The highest BCUT2D eigenvalue weighted by Crippen LogP contribution is 2.33. The van der Waals surface area contributed by atoms with E-state index in [1.54, 1.807) is 0 Å². The molecule has 1 fully saturated rings. The van der Waals surface area contributed by atoms with E-state index in [0.717, 1.165) is 24.2 Å². The van der Waals surface area contributed by atoms with Crippen molar-refractivity contribution < 1.29 is 23.0 Å². The van der Waals surface area contributed by atoms with E-state index in [1.807, 2.05) is 36.7 Å². The summed E-state index contributed by atoms with van der Waals surface area (Å²) < 4.78 is 42.3. The smallest absolute Gasteiger partial charge is 0.411 e. The monoisotopic (exact) mass is 430 g/mol. The number of anilines is 1. The van der Waals surface area contributed by atoms with Gasteiger partial charge in [0.1, 0.15) is 17.3 Å². The highest BCUT2D eigenvalue weighted by molar-refractivity contribution is 5.85. The molecule has 7 nitrogen and oxygen atoms in total. The average Bonchev–Trinajstić information content (AvgIpc) is 3.04. The Bertz CT molecular complexity index is 1110. The van der Waals surface area contributed by atoms with Gasteiger partial charge in [0.15, 0.2) is 0 Å². The van der Waals surface area contributed by atoms with Crippen LogP contribution in [0, 0.1) is 18.6 Å². The first-order chi connectivity index (χ1) is 14.9. The van der Waals surface area contributed by atoms with E-state index in [0.29, 0.717) is 30.9 Å². The van der Waals surface area contributed by atoms with Crippen molar-refractivity contribution in [1.82, 2.24) is 14.3 Å². The molecule has 164 valence electrons. The number of pyridine rings is 1. The number of hydrogen-bond donors (Lipinski definition) is 1.